The third kappa shape index (κ3) is 3.86. The molecule has 0 bridgehead atoms. The number of hydrogen-bond donors (Lipinski definition) is 1. The maximum absolute atomic E-state index is 14.7. The molecule has 178 valence electrons. The van der Waals surface area contributed by atoms with Crippen molar-refractivity contribution in [1.82, 2.24) is 18.7 Å². The van der Waals surface area contributed by atoms with Gasteiger partial charge in [0.15, 0.2) is 23.0 Å². The van der Waals surface area contributed by atoms with Crippen LogP contribution < -0.4 is 10.1 Å². The summed E-state index contributed by atoms with van der Waals surface area (Å²) in [6.07, 6.45) is 4.61. The fourth-order valence-corrected chi connectivity index (χ4v) is 5.35. The number of methoxy groups -OCH3 is 1. The normalized spacial score (nSPS) is 13.2. The van der Waals surface area contributed by atoms with Gasteiger partial charge in [-0.2, -0.15) is 4.39 Å². The van der Waals surface area contributed by atoms with Crippen molar-refractivity contribution in [3.05, 3.63) is 66.1 Å². The molecule has 1 unspecified atom stereocenters. The van der Waals surface area contributed by atoms with Crippen molar-refractivity contribution in [3.8, 4) is 17.0 Å². The van der Waals surface area contributed by atoms with Crippen molar-refractivity contribution in [1.29, 1.82) is 0 Å². The van der Waals surface area contributed by atoms with E-state index in [0.717, 1.165) is 5.56 Å². The van der Waals surface area contributed by atoms with E-state index in [4.69, 9.17) is 4.74 Å². The second kappa shape index (κ2) is 8.99. The molecular weight excluding hydrogens is 462 g/mol. The van der Waals surface area contributed by atoms with E-state index in [9.17, 15) is 13.0 Å². The van der Waals surface area contributed by atoms with Gasteiger partial charge in [0.1, 0.15) is 9.92 Å². The average molecular weight is 487 g/mol. The van der Waals surface area contributed by atoms with Gasteiger partial charge in [0.25, 0.3) is 0 Å². The predicted octanol–water partition coefficient (Wildman–Crippen LogP) is 4.67. The lowest BCUT2D eigenvalue weighted by atomic mass is 10.1. The Morgan fingerprint density at radius 1 is 1.15 bits per heavy atom. The SMILES string of the molecule is CN=S(=O)(c1ccc(Nc2nccn3c(-c4ccc(OC)c(F)c4F)cnc23)cc1C)N(C)C. The molecule has 2 heterocycles. The van der Waals surface area contributed by atoms with Gasteiger partial charge in [0.2, 0.25) is 5.82 Å². The van der Waals surface area contributed by atoms with E-state index in [1.165, 1.54) is 38.7 Å². The summed E-state index contributed by atoms with van der Waals surface area (Å²) in [7, 11) is 3.56. The minimum Gasteiger partial charge on any atom is -0.494 e. The first-order chi connectivity index (χ1) is 16.2. The molecule has 0 aliphatic heterocycles. The van der Waals surface area contributed by atoms with Crippen LogP contribution in [0, 0.1) is 18.6 Å². The molecule has 0 fully saturated rings. The number of aromatic nitrogens is 3. The van der Waals surface area contributed by atoms with E-state index in [2.05, 4.69) is 19.6 Å². The van der Waals surface area contributed by atoms with Crippen LogP contribution in [0.5, 0.6) is 5.75 Å². The van der Waals surface area contributed by atoms with Crippen molar-refractivity contribution < 1.29 is 17.7 Å². The highest BCUT2D eigenvalue weighted by molar-refractivity contribution is 7.91. The fourth-order valence-electron chi connectivity index (χ4n) is 3.71. The zero-order chi connectivity index (χ0) is 24.6. The third-order valence-corrected chi connectivity index (χ3v) is 7.95. The summed E-state index contributed by atoms with van der Waals surface area (Å²) in [5, 5.41) is 3.20. The van der Waals surface area contributed by atoms with E-state index >= 15 is 0 Å². The van der Waals surface area contributed by atoms with Gasteiger partial charge in [0.05, 0.1) is 23.9 Å². The number of aryl methyl sites for hydroxylation is 1. The van der Waals surface area contributed by atoms with Crippen molar-refractivity contribution >= 4 is 27.1 Å². The molecule has 2 aromatic carbocycles. The Hall–Kier alpha value is -3.57. The van der Waals surface area contributed by atoms with Crippen LogP contribution in [0.15, 0.2) is 58.2 Å². The van der Waals surface area contributed by atoms with E-state index < -0.39 is 21.5 Å². The molecule has 4 aromatic rings. The zero-order valence-corrected chi connectivity index (χ0v) is 20.2. The number of benzene rings is 2. The van der Waals surface area contributed by atoms with Crippen LogP contribution in [0.1, 0.15) is 5.56 Å². The average Bonchev–Trinajstić information content (AvgIpc) is 3.25. The fraction of sp³-hybridized carbons (Fsp3) is 0.217. The molecule has 34 heavy (non-hydrogen) atoms. The minimum atomic E-state index is -2.69. The van der Waals surface area contributed by atoms with Crippen LogP contribution in [-0.4, -0.2) is 51.1 Å². The van der Waals surface area contributed by atoms with E-state index in [0.29, 0.717) is 27.7 Å². The maximum atomic E-state index is 14.7. The van der Waals surface area contributed by atoms with Crippen molar-refractivity contribution in [3.63, 3.8) is 0 Å². The second-order valence-corrected chi connectivity index (χ2v) is 10.2. The number of imidazole rings is 1. The van der Waals surface area contributed by atoms with E-state index in [1.54, 1.807) is 41.1 Å². The number of ether oxygens (including phenoxy) is 1. The van der Waals surface area contributed by atoms with E-state index in [-0.39, 0.29) is 11.3 Å². The molecule has 0 saturated carbocycles. The van der Waals surface area contributed by atoms with Crippen LogP contribution in [0.3, 0.4) is 0 Å². The number of nitrogens with one attached hydrogen (secondary N) is 1. The van der Waals surface area contributed by atoms with Crippen LogP contribution in [-0.2, 0) is 9.92 Å². The summed E-state index contributed by atoms with van der Waals surface area (Å²) in [6, 6.07) is 8.20. The van der Waals surface area contributed by atoms with Gasteiger partial charge in [-0.05, 0) is 42.8 Å². The first kappa shape index (κ1) is 23.6. The molecular formula is C23H24F2N6O2S. The van der Waals surface area contributed by atoms with Crippen LogP contribution in [0.2, 0.25) is 0 Å². The summed E-state index contributed by atoms with van der Waals surface area (Å²) in [5.74, 6) is -1.84. The Morgan fingerprint density at radius 2 is 1.91 bits per heavy atom. The Labute approximate surface area is 196 Å². The summed E-state index contributed by atoms with van der Waals surface area (Å²) in [6.45, 7) is 1.86. The molecule has 0 spiro atoms. The lowest BCUT2D eigenvalue weighted by Gasteiger charge is -2.19. The monoisotopic (exact) mass is 486 g/mol. The van der Waals surface area contributed by atoms with Crippen LogP contribution >= 0.6 is 0 Å². The molecule has 1 atom stereocenters. The Morgan fingerprint density at radius 3 is 2.56 bits per heavy atom. The molecule has 0 radical (unpaired) electrons. The number of halogens is 2. The Kier molecular flexibility index (Phi) is 6.24. The molecule has 0 aliphatic rings. The minimum absolute atomic E-state index is 0.0462. The molecule has 0 amide bonds. The Bertz CT molecular complexity index is 1510. The molecule has 8 nitrogen and oxygen atoms in total. The highest BCUT2D eigenvalue weighted by Crippen LogP contribution is 2.32. The number of nitrogens with zero attached hydrogens (tertiary/aromatic N) is 5. The molecule has 11 heteroatoms. The number of anilines is 2. The highest BCUT2D eigenvalue weighted by atomic mass is 32.2. The molecule has 0 aliphatic carbocycles. The number of fused-ring (bicyclic) bond motifs is 1. The quantitative estimate of drug-likeness (QED) is 0.428. The molecule has 2 aromatic heterocycles. The van der Waals surface area contributed by atoms with Crippen molar-refractivity contribution in [2.45, 2.75) is 11.8 Å². The van der Waals surface area contributed by atoms with Crippen LogP contribution in [0.4, 0.5) is 20.3 Å². The number of rotatable bonds is 6. The van der Waals surface area contributed by atoms with Crippen molar-refractivity contribution in [2.24, 2.45) is 4.36 Å². The van der Waals surface area contributed by atoms with Gasteiger partial charge in [-0.15, -0.1) is 0 Å². The van der Waals surface area contributed by atoms with Gasteiger partial charge in [-0.25, -0.2) is 27.2 Å². The van der Waals surface area contributed by atoms with Gasteiger partial charge in [0, 0.05) is 44.8 Å². The summed E-state index contributed by atoms with van der Waals surface area (Å²) >= 11 is 0. The standard InChI is InChI=1S/C23H24F2N6O2S/c1-14-12-15(6-9-19(14)34(32,26-2)30(3)4)29-22-23-28-13-17(31(23)11-10-27-22)16-7-8-18(33-5)21(25)20(16)24/h6-13H,1-5H3,(H,27,29). The molecule has 0 saturated heterocycles. The van der Waals surface area contributed by atoms with Crippen molar-refractivity contribution in [2.75, 3.05) is 33.6 Å². The summed E-state index contributed by atoms with van der Waals surface area (Å²) in [4.78, 5) is 9.35. The van der Waals surface area contributed by atoms with Gasteiger partial charge < -0.3 is 10.1 Å². The lowest BCUT2D eigenvalue weighted by Crippen LogP contribution is -2.22. The number of hydrogen-bond acceptors (Lipinski definition) is 6. The first-order valence-electron chi connectivity index (χ1n) is 10.3. The van der Waals surface area contributed by atoms with Gasteiger partial charge in [-0.3, -0.25) is 4.40 Å². The lowest BCUT2D eigenvalue weighted by molar-refractivity contribution is 0.372. The highest BCUT2D eigenvalue weighted by Gasteiger charge is 2.20. The smallest absolute Gasteiger partial charge is 0.201 e. The topological polar surface area (TPSA) is 84.1 Å². The summed E-state index contributed by atoms with van der Waals surface area (Å²) < 4.78 is 54.3. The van der Waals surface area contributed by atoms with Gasteiger partial charge in [-0.1, -0.05) is 0 Å². The van der Waals surface area contributed by atoms with Gasteiger partial charge >= 0.3 is 0 Å². The van der Waals surface area contributed by atoms with Crippen LogP contribution in [0.25, 0.3) is 16.9 Å². The Balaban J connectivity index is 1.73. The summed E-state index contributed by atoms with van der Waals surface area (Å²) in [5.41, 5.74) is 2.33. The predicted molar refractivity (Wildman–Crippen MR) is 128 cm³/mol. The third-order valence-electron chi connectivity index (χ3n) is 5.44. The maximum Gasteiger partial charge on any atom is 0.201 e. The first-order valence-corrected chi connectivity index (χ1v) is 11.7. The molecule has 4 rings (SSSR count). The second-order valence-electron chi connectivity index (χ2n) is 7.65. The van der Waals surface area contributed by atoms with E-state index in [1.807, 2.05) is 13.0 Å². The zero-order valence-electron chi connectivity index (χ0n) is 19.3. The molecule has 1 N–H and O–H groups in total. The largest absolute Gasteiger partial charge is 0.494 e.